The van der Waals surface area contributed by atoms with Gasteiger partial charge in [0.2, 0.25) is 0 Å². The summed E-state index contributed by atoms with van der Waals surface area (Å²) >= 11 is 9.47. The van der Waals surface area contributed by atoms with E-state index in [1.54, 1.807) is 11.0 Å². The van der Waals surface area contributed by atoms with E-state index in [1.165, 1.54) is 0 Å². The first-order chi connectivity index (χ1) is 8.92. The normalized spacial score (nSPS) is 12.2. The number of carbonyl (C=O) groups excluding carboxylic acids is 1. The molecule has 1 amide bonds. The second-order valence-electron chi connectivity index (χ2n) is 6.58. The number of ether oxygens (including phenoxy) is 1. The Hall–Kier alpha value is -0.740. The number of amides is 1. The third-order valence-corrected chi connectivity index (χ3v) is 3.64. The van der Waals surface area contributed by atoms with Crippen LogP contribution in [0.15, 0.2) is 22.7 Å². The molecule has 0 saturated heterocycles. The second kappa shape index (κ2) is 5.94. The molecule has 0 saturated carbocycles. The predicted octanol–water partition coefficient (Wildman–Crippen LogP) is 5.64. The number of hydrogen-bond acceptors (Lipinski definition) is 2. The van der Waals surface area contributed by atoms with E-state index in [2.05, 4.69) is 15.9 Å². The van der Waals surface area contributed by atoms with Crippen LogP contribution < -0.4 is 4.90 Å². The molecule has 0 heterocycles. The van der Waals surface area contributed by atoms with Crippen LogP contribution in [0.4, 0.5) is 10.5 Å². The van der Waals surface area contributed by atoms with Gasteiger partial charge in [0.15, 0.2) is 0 Å². The van der Waals surface area contributed by atoms with Crippen LogP contribution in [-0.4, -0.2) is 17.2 Å². The minimum atomic E-state index is -0.542. The lowest BCUT2D eigenvalue weighted by Gasteiger charge is -2.36. The zero-order valence-electron chi connectivity index (χ0n) is 12.8. The monoisotopic (exact) mass is 361 g/mol. The van der Waals surface area contributed by atoms with E-state index in [0.29, 0.717) is 10.7 Å². The van der Waals surface area contributed by atoms with E-state index in [9.17, 15) is 4.79 Å². The van der Waals surface area contributed by atoms with Crippen molar-refractivity contribution in [2.75, 3.05) is 4.90 Å². The number of benzene rings is 1. The zero-order chi connectivity index (χ0) is 15.7. The van der Waals surface area contributed by atoms with Gasteiger partial charge in [-0.15, -0.1) is 0 Å². The molecule has 3 nitrogen and oxygen atoms in total. The Bertz CT molecular complexity index is 504. The Balaban J connectivity index is 3.20. The Morgan fingerprint density at radius 3 is 2.15 bits per heavy atom. The number of hydrogen-bond donors (Lipinski definition) is 0. The van der Waals surface area contributed by atoms with Gasteiger partial charge in [0.05, 0.1) is 5.02 Å². The van der Waals surface area contributed by atoms with Gasteiger partial charge in [-0.25, -0.2) is 4.79 Å². The van der Waals surface area contributed by atoms with Crippen LogP contribution in [0.5, 0.6) is 0 Å². The van der Waals surface area contributed by atoms with Crippen molar-refractivity contribution in [1.29, 1.82) is 0 Å². The van der Waals surface area contributed by atoms with Crippen LogP contribution in [0.2, 0.25) is 5.02 Å². The minimum absolute atomic E-state index is 0.386. The van der Waals surface area contributed by atoms with Crippen LogP contribution in [0.1, 0.15) is 41.5 Å². The molecule has 1 aromatic carbocycles. The maximum atomic E-state index is 12.5. The molecule has 0 bridgehead atoms. The SMILES string of the molecule is CC(C)(C)OC(=O)N(c1ccc(Br)c(Cl)c1)C(C)(C)C. The van der Waals surface area contributed by atoms with Gasteiger partial charge in [0, 0.05) is 15.7 Å². The molecule has 0 N–H and O–H groups in total. The summed E-state index contributed by atoms with van der Waals surface area (Å²) in [7, 11) is 0. The van der Waals surface area contributed by atoms with E-state index in [0.717, 1.165) is 4.47 Å². The highest BCUT2D eigenvalue weighted by Crippen LogP contribution is 2.32. The molecule has 20 heavy (non-hydrogen) atoms. The van der Waals surface area contributed by atoms with Crippen molar-refractivity contribution >= 4 is 39.3 Å². The van der Waals surface area contributed by atoms with Gasteiger partial charge in [-0.05, 0) is 75.7 Å². The van der Waals surface area contributed by atoms with E-state index in [1.807, 2.05) is 53.7 Å². The molecule has 0 aliphatic rings. The Kier molecular flexibility index (Phi) is 5.14. The summed E-state index contributed by atoms with van der Waals surface area (Å²) in [5, 5.41) is 0.556. The highest BCUT2D eigenvalue weighted by atomic mass is 79.9. The van der Waals surface area contributed by atoms with Crippen molar-refractivity contribution in [2.24, 2.45) is 0 Å². The maximum absolute atomic E-state index is 12.5. The molecule has 0 aliphatic heterocycles. The Labute approximate surface area is 134 Å². The maximum Gasteiger partial charge on any atom is 0.415 e. The molecule has 112 valence electrons. The molecule has 1 aromatic rings. The van der Waals surface area contributed by atoms with Gasteiger partial charge in [0.25, 0.3) is 0 Å². The first-order valence-corrected chi connectivity index (χ1v) is 7.57. The topological polar surface area (TPSA) is 29.5 Å². The van der Waals surface area contributed by atoms with Crippen LogP contribution in [0.3, 0.4) is 0 Å². The van der Waals surface area contributed by atoms with Gasteiger partial charge in [-0.1, -0.05) is 11.6 Å². The lowest BCUT2D eigenvalue weighted by atomic mass is 10.1. The van der Waals surface area contributed by atoms with Crippen LogP contribution >= 0.6 is 27.5 Å². The summed E-state index contributed by atoms with van der Waals surface area (Å²) in [5.41, 5.74) is -0.251. The van der Waals surface area contributed by atoms with Crippen molar-refractivity contribution in [1.82, 2.24) is 0 Å². The summed E-state index contributed by atoms with van der Waals surface area (Å²) in [6.07, 6.45) is -0.386. The standard InChI is InChI=1S/C15H21BrClNO2/c1-14(2,3)18(13(19)20-15(4,5)6)10-7-8-11(16)12(17)9-10/h7-9H,1-6H3. The van der Waals surface area contributed by atoms with Gasteiger partial charge in [-0.3, -0.25) is 4.90 Å². The first kappa shape index (κ1) is 17.3. The molecule has 0 fully saturated rings. The fourth-order valence-corrected chi connectivity index (χ4v) is 2.12. The first-order valence-electron chi connectivity index (χ1n) is 6.40. The average Bonchev–Trinajstić information content (AvgIpc) is 2.18. The van der Waals surface area contributed by atoms with Crippen molar-refractivity contribution < 1.29 is 9.53 Å². The van der Waals surface area contributed by atoms with Crippen LogP contribution in [0.25, 0.3) is 0 Å². The summed E-state index contributed by atoms with van der Waals surface area (Å²) in [4.78, 5) is 14.1. The van der Waals surface area contributed by atoms with Crippen molar-refractivity contribution in [3.05, 3.63) is 27.7 Å². The van der Waals surface area contributed by atoms with Gasteiger partial charge < -0.3 is 4.74 Å². The summed E-state index contributed by atoms with van der Waals surface area (Å²) in [5.74, 6) is 0. The molecular weight excluding hydrogens is 342 g/mol. The molecule has 0 aliphatic carbocycles. The quantitative estimate of drug-likeness (QED) is 0.646. The third-order valence-electron chi connectivity index (χ3n) is 2.41. The fraction of sp³-hybridized carbons (Fsp3) is 0.533. The molecule has 0 atom stereocenters. The number of carbonyl (C=O) groups is 1. The smallest absolute Gasteiger partial charge is 0.415 e. The molecule has 0 aromatic heterocycles. The Morgan fingerprint density at radius 2 is 1.75 bits per heavy atom. The Morgan fingerprint density at radius 1 is 1.20 bits per heavy atom. The predicted molar refractivity (Wildman–Crippen MR) is 87.6 cm³/mol. The number of rotatable bonds is 1. The molecule has 5 heteroatoms. The summed E-state index contributed by atoms with van der Waals surface area (Å²) < 4.78 is 6.28. The van der Waals surface area contributed by atoms with Gasteiger partial charge in [0.1, 0.15) is 5.60 Å². The van der Waals surface area contributed by atoms with Crippen molar-refractivity contribution in [3.63, 3.8) is 0 Å². The average molecular weight is 363 g/mol. The van der Waals surface area contributed by atoms with Gasteiger partial charge >= 0.3 is 6.09 Å². The van der Waals surface area contributed by atoms with E-state index in [4.69, 9.17) is 16.3 Å². The minimum Gasteiger partial charge on any atom is -0.443 e. The largest absolute Gasteiger partial charge is 0.443 e. The fourth-order valence-electron chi connectivity index (χ4n) is 1.70. The van der Waals surface area contributed by atoms with E-state index < -0.39 is 11.1 Å². The second-order valence-corrected chi connectivity index (χ2v) is 7.85. The van der Waals surface area contributed by atoms with Gasteiger partial charge in [-0.2, -0.15) is 0 Å². The van der Waals surface area contributed by atoms with Crippen LogP contribution in [-0.2, 0) is 4.74 Å². The van der Waals surface area contributed by atoms with Crippen molar-refractivity contribution in [2.45, 2.75) is 52.7 Å². The number of halogens is 2. The number of nitrogens with zero attached hydrogens (tertiary/aromatic N) is 1. The molecule has 0 unspecified atom stereocenters. The lowest BCUT2D eigenvalue weighted by Crippen LogP contribution is -2.48. The van der Waals surface area contributed by atoms with Crippen molar-refractivity contribution in [3.8, 4) is 0 Å². The summed E-state index contributed by atoms with van der Waals surface area (Å²) in [6, 6.07) is 5.41. The molecular formula is C15H21BrClNO2. The highest BCUT2D eigenvalue weighted by molar-refractivity contribution is 9.10. The molecule has 0 spiro atoms. The third kappa shape index (κ3) is 4.67. The van der Waals surface area contributed by atoms with E-state index in [-0.39, 0.29) is 6.09 Å². The summed E-state index contributed by atoms with van der Waals surface area (Å²) in [6.45, 7) is 11.4. The van der Waals surface area contributed by atoms with E-state index >= 15 is 0 Å². The highest BCUT2D eigenvalue weighted by Gasteiger charge is 2.32. The number of anilines is 1. The molecule has 0 radical (unpaired) electrons. The van der Waals surface area contributed by atoms with Crippen LogP contribution in [0, 0.1) is 0 Å². The zero-order valence-corrected chi connectivity index (χ0v) is 15.1. The molecule has 1 rings (SSSR count). The lowest BCUT2D eigenvalue weighted by molar-refractivity contribution is 0.0550.